The van der Waals surface area contributed by atoms with Crippen LogP contribution in [-0.4, -0.2) is 41.3 Å². The maximum atomic E-state index is 14.1. The highest BCUT2D eigenvalue weighted by atomic mass is 32.1. The Labute approximate surface area is 188 Å². The highest BCUT2D eigenvalue weighted by Crippen LogP contribution is 2.30. The van der Waals surface area contributed by atoms with Gasteiger partial charge >= 0.3 is 0 Å². The number of hydrogen-bond donors (Lipinski definition) is 2. The molecule has 0 radical (unpaired) electrons. The summed E-state index contributed by atoms with van der Waals surface area (Å²) in [4.78, 5) is 31.9. The minimum Gasteiger partial charge on any atom is -0.354 e. The van der Waals surface area contributed by atoms with Gasteiger partial charge in [0.1, 0.15) is 11.5 Å². The fourth-order valence-electron chi connectivity index (χ4n) is 4.28. The lowest BCUT2D eigenvalue weighted by atomic mass is 9.94. The average molecular weight is 448 g/mol. The van der Waals surface area contributed by atoms with Crippen molar-refractivity contribution in [1.82, 2.24) is 15.2 Å². The van der Waals surface area contributed by atoms with Crippen molar-refractivity contribution in [3.63, 3.8) is 0 Å². The second kappa shape index (κ2) is 8.59. The van der Waals surface area contributed by atoms with Crippen molar-refractivity contribution in [2.45, 2.75) is 6.42 Å². The Morgan fingerprint density at radius 3 is 2.81 bits per heavy atom. The van der Waals surface area contributed by atoms with Crippen LogP contribution in [0.5, 0.6) is 0 Å². The average Bonchev–Trinajstić information content (AvgIpc) is 3.45. The number of halogens is 1. The Morgan fingerprint density at radius 2 is 2.00 bits per heavy atom. The lowest BCUT2D eigenvalue weighted by Gasteiger charge is -2.23. The molecule has 1 saturated heterocycles. The van der Waals surface area contributed by atoms with Gasteiger partial charge in [-0.3, -0.25) is 9.59 Å². The van der Waals surface area contributed by atoms with Crippen LogP contribution in [-0.2, 0) is 11.2 Å². The van der Waals surface area contributed by atoms with Crippen LogP contribution < -0.4 is 5.32 Å². The number of carbonyl (C=O) groups is 2. The first-order valence-corrected chi connectivity index (χ1v) is 11.4. The van der Waals surface area contributed by atoms with Crippen LogP contribution >= 0.6 is 11.3 Å². The first kappa shape index (κ1) is 20.5. The molecule has 32 heavy (non-hydrogen) atoms. The monoisotopic (exact) mass is 447 g/mol. The Balaban J connectivity index is 1.40. The van der Waals surface area contributed by atoms with E-state index in [0.717, 1.165) is 16.0 Å². The van der Waals surface area contributed by atoms with E-state index in [1.165, 1.54) is 6.07 Å². The predicted molar refractivity (Wildman–Crippen MR) is 124 cm³/mol. The molecule has 2 aromatic carbocycles. The zero-order valence-corrected chi connectivity index (χ0v) is 18.1. The van der Waals surface area contributed by atoms with Gasteiger partial charge in [0, 0.05) is 35.4 Å². The van der Waals surface area contributed by atoms with Gasteiger partial charge in [-0.15, -0.1) is 11.3 Å². The number of nitrogens with zero attached hydrogens (tertiary/aromatic N) is 1. The molecule has 1 fully saturated rings. The van der Waals surface area contributed by atoms with E-state index in [1.807, 2.05) is 29.6 Å². The third kappa shape index (κ3) is 3.91. The quantitative estimate of drug-likeness (QED) is 0.485. The third-order valence-corrected chi connectivity index (χ3v) is 6.79. The van der Waals surface area contributed by atoms with E-state index < -0.39 is 0 Å². The Kier molecular flexibility index (Phi) is 5.49. The number of carbonyl (C=O) groups excluding carboxylic acids is 2. The number of aromatic nitrogens is 1. The molecule has 4 aromatic rings. The highest BCUT2D eigenvalue weighted by molar-refractivity contribution is 7.13. The summed E-state index contributed by atoms with van der Waals surface area (Å²) in [7, 11) is 0. The number of H-pyrrole nitrogens is 1. The Bertz CT molecular complexity index is 1280. The molecule has 2 aromatic heterocycles. The molecule has 3 heterocycles. The van der Waals surface area contributed by atoms with E-state index in [2.05, 4.69) is 22.4 Å². The molecule has 1 aliphatic rings. The Hall–Kier alpha value is -3.45. The van der Waals surface area contributed by atoms with Crippen molar-refractivity contribution in [3.8, 4) is 10.4 Å². The van der Waals surface area contributed by atoms with Gasteiger partial charge in [-0.25, -0.2) is 4.39 Å². The van der Waals surface area contributed by atoms with Crippen molar-refractivity contribution in [2.75, 3.05) is 19.6 Å². The van der Waals surface area contributed by atoms with Gasteiger partial charge in [-0.05, 0) is 47.2 Å². The fraction of sp³-hybridized carbons (Fsp3) is 0.200. The van der Waals surface area contributed by atoms with E-state index >= 15 is 0 Å². The number of amides is 2. The van der Waals surface area contributed by atoms with Crippen molar-refractivity contribution in [1.29, 1.82) is 0 Å². The summed E-state index contributed by atoms with van der Waals surface area (Å²) in [6.45, 7) is 1.11. The molecular formula is C25H22FN3O2S. The van der Waals surface area contributed by atoms with E-state index in [4.69, 9.17) is 0 Å². The minimum atomic E-state index is -0.372. The second-order valence-electron chi connectivity index (χ2n) is 7.96. The standard InChI is InChI=1S/C25H22FN3O2S/c26-20-7-3-8-21-19(20)14-22(28-21)25(31)29-11-10-27-24(30)17(15-29)13-16-5-1-2-6-18(16)23-9-4-12-32-23/h1-9,12,14,17,28H,10-11,13,15H2,(H,27,30). The molecular weight excluding hydrogens is 425 g/mol. The van der Waals surface area contributed by atoms with Crippen molar-refractivity contribution in [2.24, 2.45) is 5.92 Å². The molecule has 0 bridgehead atoms. The summed E-state index contributed by atoms with van der Waals surface area (Å²) in [6, 6.07) is 18.4. The summed E-state index contributed by atoms with van der Waals surface area (Å²) >= 11 is 1.66. The molecule has 1 unspecified atom stereocenters. The second-order valence-corrected chi connectivity index (χ2v) is 8.91. The molecule has 162 valence electrons. The molecule has 2 N–H and O–H groups in total. The van der Waals surface area contributed by atoms with Crippen LogP contribution in [0.1, 0.15) is 16.1 Å². The van der Waals surface area contributed by atoms with E-state index in [1.54, 1.807) is 34.4 Å². The molecule has 1 atom stereocenters. The number of fused-ring (bicyclic) bond motifs is 1. The van der Waals surface area contributed by atoms with E-state index in [-0.39, 0.29) is 23.5 Å². The van der Waals surface area contributed by atoms with E-state index in [9.17, 15) is 14.0 Å². The van der Waals surface area contributed by atoms with Crippen LogP contribution in [0.3, 0.4) is 0 Å². The predicted octanol–water partition coefficient (Wildman–Crippen LogP) is 4.47. The third-order valence-electron chi connectivity index (χ3n) is 5.89. The van der Waals surface area contributed by atoms with Gasteiger partial charge in [-0.1, -0.05) is 36.4 Å². The normalized spacial score (nSPS) is 16.7. The maximum Gasteiger partial charge on any atom is 0.270 e. The first-order valence-electron chi connectivity index (χ1n) is 10.6. The van der Waals surface area contributed by atoms with Gasteiger partial charge in [0.2, 0.25) is 5.91 Å². The number of rotatable bonds is 4. The maximum absolute atomic E-state index is 14.1. The fourth-order valence-corrected chi connectivity index (χ4v) is 5.07. The molecule has 7 heteroatoms. The van der Waals surface area contributed by atoms with Crippen molar-refractivity contribution < 1.29 is 14.0 Å². The van der Waals surface area contributed by atoms with Gasteiger partial charge in [0.15, 0.2) is 0 Å². The zero-order chi connectivity index (χ0) is 22.1. The van der Waals surface area contributed by atoms with Crippen molar-refractivity contribution in [3.05, 3.63) is 83.1 Å². The smallest absolute Gasteiger partial charge is 0.270 e. The van der Waals surface area contributed by atoms with Gasteiger partial charge < -0.3 is 15.2 Å². The molecule has 0 spiro atoms. The molecule has 0 aliphatic carbocycles. The largest absolute Gasteiger partial charge is 0.354 e. The van der Waals surface area contributed by atoms with Crippen molar-refractivity contribution >= 4 is 34.1 Å². The zero-order valence-electron chi connectivity index (χ0n) is 17.3. The number of aromatic amines is 1. The molecule has 0 saturated carbocycles. The molecule has 5 rings (SSSR count). The van der Waals surface area contributed by atoms with Crippen LogP contribution in [0.4, 0.5) is 4.39 Å². The minimum absolute atomic E-state index is 0.0519. The molecule has 2 amide bonds. The van der Waals surface area contributed by atoms with Crippen LogP contribution in [0.25, 0.3) is 21.3 Å². The van der Waals surface area contributed by atoms with E-state index in [0.29, 0.717) is 42.7 Å². The SMILES string of the molecule is O=C1NCCN(C(=O)c2cc3c(F)cccc3[nH]2)CC1Cc1ccccc1-c1cccs1. The lowest BCUT2D eigenvalue weighted by molar-refractivity contribution is -0.124. The number of benzene rings is 2. The number of nitrogens with one attached hydrogen (secondary N) is 2. The molecule has 5 nitrogen and oxygen atoms in total. The number of hydrogen-bond acceptors (Lipinski definition) is 3. The van der Waals surface area contributed by atoms with Gasteiger partial charge in [0.25, 0.3) is 5.91 Å². The highest BCUT2D eigenvalue weighted by Gasteiger charge is 2.29. The summed E-state index contributed by atoms with van der Waals surface area (Å²) in [5.41, 5.74) is 3.11. The number of thiophene rings is 1. The van der Waals surface area contributed by atoms with Gasteiger partial charge in [-0.2, -0.15) is 0 Å². The van der Waals surface area contributed by atoms with Gasteiger partial charge in [0.05, 0.1) is 5.92 Å². The summed E-state index contributed by atoms with van der Waals surface area (Å²) < 4.78 is 14.1. The van der Waals surface area contributed by atoms with Crippen LogP contribution in [0, 0.1) is 11.7 Å². The topological polar surface area (TPSA) is 65.2 Å². The Morgan fingerprint density at radius 1 is 1.12 bits per heavy atom. The summed E-state index contributed by atoms with van der Waals surface area (Å²) in [6.07, 6.45) is 0.533. The molecule has 1 aliphatic heterocycles. The lowest BCUT2D eigenvalue weighted by Crippen LogP contribution is -2.37. The summed E-state index contributed by atoms with van der Waals surface area (Å²) in [5, 5.41) is 5.37. The summed E-state index contributed by atoms with van der Waals surface area (Å²) in [5.74, 6) is -1.02. The first-order chi connectivity index (χ1) is 15.6. The van der Waals surface area contributed by atoms with Crippen LogP contribution in [0.15, 0.2) is 66.0 Å². The van der Waals surface area contributed by atoms with Crippen LogP contribution in [0.2, 0.25) is 0 Å².